The number of hydrogen-bond acceptors (Lipinski definition) is 3. The van der Waals surface area contributed by atoms with Crippen molar-refractivity contribution in [3.63, 3.8) is 0 Å². The largest absolute Gasteiger partial charge is 0.459 e. The fraction of sp³-hybridized carbons (Fsp3) is 0.154. The van der Waals surface area contributed by atoms with Crippen molar-refractivity contribution in [3.8, 4) is 11.3 Å². The van der Waals surface area contributed by atoms with Gasteiger partial charge >= 0.3 is 0 Å². The summed E-state index contributed by atoms with van der Waals surface area (Å²) in [6.07, 6.45) is 1.78. The molecular weight excluding hydrogens is 501 g/mol. The summed E-state index contributed by atoms with van der Waals surface area (Å²) in [5.41, 5.74) is 5.04. The molecule has 0 spiro atoms. The van der Waals surface area contributed by atoms with Crippen LogP contribution in [-0.4, -0.2) is 10.1 Å². The van der Waals surface area contributed by atoms with Crippen molar-refractivity contribution < 1.29 is 8.81 Å². The average molecular weight is 522 g/mol. The summed E-state index contributed by atoms with van der Waals surface area (Å²) in [5.74, 6) is 1.08. The number of furan rings is 1. The fourth-order valence-electron chi connectivity index (χ4n) is 4.14. The van der Waals surface area contributed by atoms with Crippen molar-refractivity contribution in [1.82, 2.24) is 10.3 Å². The summed E-state index contributed by atoms with van der Waals surface area (Å²) >= 11 is 9.23. The Morgan fingerprint density at radius 3 is 2.61 bits per heavy atom. The van der Waals surface area contributed by atoms with Crippen LogP contribution in [0, 0.1) is 19.7 Å². The van der Waals surface area contributed by atoms with Gasteiger partial charge in [0.05, 0.1) is 11.7 Å². The lowest BCUT2D eigenvalue weighted by atomic mass is 10.0. The van der Waals surface area contributed by atoms with Crippen LogP contribution in [0.1, 0.15) is 34.7 Å². The molecule has 5 rings (SSSR count). The molecule has 7 heteroatoms. The first kappa shape index (κ1) is 21.8. The number of aryl methyl sites for hydroxylation is 2. The summed E-state index contributed by atoms with van der Waals surface area (Å²) < 4.78 is 20.6. The van der Waals surface area contributed by atoms with E-state index in [-0.39, 0.29) is 17.9 Å². The number of hydrogen-bond donors (Lipinski definition) is 1. The maximum atomic E-state index is 13.6. The molecule has 0 aliphatic carbocycles. The van der Waals surface area contributed by atoms with Gasteiger partial charge in [0, 0.05) is 21.9 Å². The Kier molecular flexibility index (Phi) is 5.76. The highest BCUT2D eigenvalue weighted by molar-refractivity contribution is 9.10. The Hall–Kier alpha value is -3.03. The molecule has 166 valence electrons. The van der Waals surface area contributed by atoms with Crippen LogP contribution in [0.4, 0.5) is 10.1 Å². The quantitative estimate of drug-likeness (QED) is 0.291. The minimum absolute atomic E-state index is 0.198. The van der Waals surface area contributed by atoms with Gasteiger partial charge in [-0.3, -0.25) is 4.98 Å². The molecule has 4 aromatic rings. The molecule has 1 N–H and O–H groups in total. The van der Waals surface area contributed by atoms with E-state index < -0.39 is 0 Å². The molecule has 1 fully saturated rings. The molecule has 0 amide bonds. The number of halogens is 2. The number of aromatic nitrogens is 1. The van der Waals surface area contributed by atoms with Gasteiger partial charge in [-0.15, -0.1) is 0 Å². The lowest BCUT2D eigenvalue weighted by Crippen LogP contribution is -2.29. The number of nitrogens with zero attached hydrogens (tertiary/aromatic N) is 2. The molecule has 3 heterocycles. The molecule has 1 aliphatic rings. The van der Waals surface area contributed by atoms with Gasteiger partial charge in [-0.05, 0) is 108 Å². The zero-order chi connectivity index (χ0) is 23.1. The molecular formula is C26H21BrFN3OS. The topological polar surface area (TPSA) is 41.3 Å². The molecule has 4 nitrogen and oxygen atoms in total. The maximum absolute atomic E-state index is 13.6. The van der Waals surface area contributed by atoms with Gasteiger partial charge in [-0.2, -0.15) is 0 Å². The highest BCUT2D eigenvalue weighted by Gasteiger charge is 2.42. The van der Waals surface area contributed by atoms with Crippen molar-refractivity contribution in [2.45, 2.75) is 25.9 Å². The molecule has 2 atom stereocenters. The van der Waals surface area contributed by atoms with Crippen LogP contribution in [-0.2, 0) is 0 Å². The van der Waals surface area contributed by atoms with Crippen LogP contribution < -0.4 is 10.2 Å². The van der Waals surface area contributed by atoms with Crippen LogP contribution in [0.3, 0.4) is 0 Å². The van der Waals surface area contributed by atoms with E-state index in [2.05, 4.69) is 63.2 Å². The highest BCUT2D eigenvalue weighted by atomic mass is 79.9. The minimum Gasteiger partial charge on any atom is -0.459 e. The number of thiocarbonyl (C=S) groups is 1. The van der Waals surface area contributed by atoms with E-state index in [1.807, 2.05) is 30.3 Å². The Bertz CT molecular complexity index is 1340. The molecule has 2 unspecified atom stereocenters. The second kappa shape index (κ2) is 8.72. The average Bonchev–Trinajstić information content (AvgIpc) is 3.41. The molecule has 2 aromatic carbocycles. The lowest BCUT2D eigenvalue weighted by Gasteiger charge is -2.26. The van der Waals surface area contributed by atoms with Crippen molar-refractivity contribution in [1.29, 1.82) is 0 Å². The van der Waals surface area contributed by atoms with E-state index in [4.69, 9.17) is 16.6 Å². The monoisotopic (exact) mass is 521 g/mol. The molecule has 0 radical (unpaired) electrons. The number of benzene rings is 2. The van der Waals surface area contributed by atoms with Crippen molar-refractivity contribution in [2.75, 3.05) is 4.90 Å². The minimum atomic E-state index is -0.307. The predicted octanol–water partition coefficient (Wildman–Crippen LogP) is 7.04. The maximum Gasteiger partial charge on any atom is 0.174 e. The summed E-state index contributed by atoms with van der Waals surface area (Å²) in [7, 11) is 0. The van der Waals surface area contributed by atoms with Crippen LogP contribution in [0.25, 0.3) is 11.3 Å². The normalized spacial score (nSPS) is 17.9. The third-order valence-electron chi connectivity index (χ3n) is 5.98. The van der Waals surface area contributed by atoms with E-state index in [0.29, 0.717) is 15.3 Å². The van der Waals surface area contributed by atoms with E-state index in [0.717, 1.165) is 22.7 Å². The van der Waals surface area contributed by atoms with Gasteiger partial charge in [0.1, 0.15) is 23.4 Å². The first-order chi connectivity index (χ1) is 15.9. The first-order valence-corrected chi connectivity index (χ1v) is 11.8. The van der Waals surface area contributed by atoms with Gasteiger partial charge in [-0.1, -0.05) is 12.1 Å². The van der Waals surface area contributed by atoms with Crippen LogP contribution in [0.5, 0.6) is 0 Å². The second-order valence-corrected chi connectivity index (χ2v) is 9.33. The number of rotatable bonds is 4. The molecule has 33 heavy (non-hydrogen) atoms. The summed E-state index contributed by atoms with van der Waals surface area (Å²) in [6.45, 7) is 4.18. The summed E-state index contributed by atoms with van der Waals surface area (Å²) in [5, 5.41) is 4.06. The van der Waals surface area contributed by atoms with E-state index in [1.165, 1.54) is 23.3 Å². The third-order valence-corrected chi connectivity index (χ3v) is 6.95. The number of pyridine rings is 1. The molecule has 1 aliphatic heterocycles. The second-order valence-electron chi connectivity index (χ2n) is 8.09. The Morgan fingerprint density at radius 2 is 1.88 bits per heavy atom. The smallest absolute Gasteiger partial charge is 0.174 e. The van der Waals surface area contributed by atoms with Gasteiger partial charge < -0.3 is 14.6 Å². The molecule has 2 aromatic heterocycles. The van der Waals surface area contributed by atoms with Crippen molar-refractivity contribution in [3.05, 3.63) is 106 Å². The van der Waals surface area contributed by atoms with Crippen LogP contribution in [0.15, 0.2) is 81.8 Å². The lowest BCUT2D eigenvalue weighted by molar-refractivity contribution is 0.439. The van der Waals surface area contributed by atoms with Crippen LogP contribution in [0.2, 0.25) is 0 Å². The fourth-order valence-corrected chi connectivity index (χ4v) is 5.04. The Morgan fingerprint density at radius 1 is 1.03 bits per heavy atom. The van der Waals surface area contributed by atoms with Crippen LogP contribution >= 0.6 is 28.1 Å². The first-order valence-electron chi connectivity index (χ1n) is 10.6. The zero-order valence-corrected chi connectivity index (χ0v) is 20.5. The van der Waals surface area contributed by atoms with Gasteiger partial charge in [-0.25, -0.2) is 4.39 Å². The highest BCUT2D eigenvalue weighted by Crippen LogP contribution is 2.43. The zero-order valence-electron chi connectivity index (χ0n) is 18.0. The van der Waals surface area contributed by atoms with Gasteiger partial charge in [0.25, 0.3) is 0 Å². The van der Waals surface area contributed by atoms with E-state index in [1.54, 1.807) is 12.3 Å². The number of nitrogens with one attached hydrogen (secondary N) is 1. The molecule has 0 saturated carbocycles. The Balaban J connectivity index is 1.61. The number of anilines is 1. The van der Waals surface area contributed by atoms with Crippen molar-refractivity contribution >= 4 is 38.9 Å². The SMILES string of the molecule is Cc1ccc(N2C(=S)NC(c3ccccn3)C2c2ccc(-c3ccc(F)cc3Br)o2)cc1C. The standard InChI is InChI=1S/C26H21BrFN3OS/c1-15-6-8-18(13-16(15)2)31-25(24(30-26(31)33)21-5-3-4-12-29-21)23-11-10-22(32-23)19-9-7-17(28)14-20(19)27/h3-14,24-25H,1-2H3,(H,30,33). The van der Waals surface area contributed by atoms with E-state index in [9.17, 15) is 4.39 Å². The summed E-state index contributed by atoms with van der Waals surface area (Å²) in [6, 6.07) is 20.1. The molecule has 1 saturated heterocycles. The predicted molar refractivity (Wildman–Crippen MR) is 136 cm³/mol. The van der Waals surface area contributed by atoms with Crippen molar-refractivity contribution in [2.24, 2.45) is 0 Å². The van der Waals surface area contributed by atoms with Gasteiger partial charge in [0.2, 0.25) is 0 Å². The third kappa shape index (κ3) is 4.07. The van der Waals surface area contributed by atoms with E-state index >= 15 is 0 Å². The van der Waals surface area contributed by atoms with Gasteiger partial charge in [0.15, 0.2) is 5.11 Å². The summed E-state index contributed by atoms with van der Waals surface area (Å²) in [4.78, 5) is 6.67. The molecule has 0 bridgehead atoms. The Labute approximate surface area is 205 Å².